The Kier molecular flexibility index (Phi) is 4.19. The van der Waals surface area contributed by atoms with Gasteiger partial charge in [-0.2, -0.15) is 0 Å². The first kappa shape index (κ1) is 10.8. The van der Waals surface area contributed by atoms with Crippen molar-refractivity contribution in [3.05, 3.63) is 40.1 Å². The average Bonchev–Trinajstić information content (AvgIpc) is 2.22. The molecule has 0 amide bonds. The Hall–Kier alpha value is -1.29. The lowest BCUT2D eigenvalue weighted by Gasteiger charge is -1.95. The Morgan fingerprint density at radius 3 is 2.57 bits per heavy atom. The summed E-state index contributed by atoms with van der Waals surface area (Å²) in [5.74, 6) is 0. The molecule has 0 spiro atoms. The number of pyridine rings is 1. The van der Waals surface area contributed by atoms with Gasteiger partial charge in [0, 0.05) is 22.8 Å². The molecule has 0 saturated carbocycles. The van der Waals surface area contributed by atoms with E-state index in [0.717, 1.165) is 10.2 Å². The highest BCUT2D eigenvalue weighted by molar-refractivity contribution is 9.10. The van der Waals surface area contributed by atoms with Crippen LogP contribution in [0.4, 0.5) is 0 Å². The molecule has 0 unspecified atom stereocenters. The first-order chi connectivity index (χ1) is 6.76. The molecule has 14 heavy (non-hydrogen) atoms. The second-order valence-corrected chi connectivity index (χ2v) is 3.53. The third kappa shape index (κ3) is 3.22. The molecule has 0 bridgehead atoms. The summed E-state index contributed by atoms with van der Waals surface area (Å²) < 4.78 is 0.899. The van der Waals surface area contributed by atoms with Crippen molar-refractivity contribution in [2.45, 2.75) is 6.42 Å². The summed E-state index contributed by atoms with van der Waals surface area (Å²) in [7, 11) is 0. The van der Waals surface area contributed by atoms with Gasteiger partial charge in [-0.3, -0.25) is 14.6 Å². The highest BCUT2D eigenvalue weighted by atomic mass is 79.9. The van der Waals surface area contributed by atoms with E-state index in [9.17, 15) is 9.59 Å². The second-order valence-electron chi connectivity index (χ2n) is 2.61. The molecule has 1 aromatic rings. The zero-order valence-electron chi connectivity index (χ0n) is 7.31. The molecule has 4 heteroatoms. The van der Waals surface area contributed by atoms with Gasteiger partial charge in [-0.25, -0.2) is 0 Å². The lowest BCUT2D eigenvalue weighted by Crippen LogP contribution is -1.90. The second kappa shape index (κ2) is 5.44. The van der Waals surface area contributed by atoms with Crippen molar-refractivity contribution in [1.29, 1.82) is 0 Å². The van der Waals surface area contributed by atoms with E-state index in [1.54, 1.807) is 12.3 Å². The third-order valence-electron chi connectivity index (χ3n) is 1.61. The summed E-state index contributed by atoms with van der Waals surface area (Å²) in [5, 5.41) is 0. The van der Waals surface area contributed by atoms with E-state index in [4.69, 9.17) is 0 Å². The van der Waals surface area contributed by atoms with Crippen LogP contribution >= 0.6 is 15.9 Å². The minimum absolute atomic E-state index is 0.148. The summed E-state index contributed by atoms with van der Waals surface area (Å²) in [5.41, 5.74) is 0.962. The largest absolute Gasteiger partial charge is 0.298 e. The Labute approximate surface area is 90.0 Å². The van der Waals surface area contributed by atoms with Crippen molar-refractivity contribution < 1.29 is 9.59 Å². The Morgan fingerprint density at radius 1 is 1.36 bits per heavy atom. The zero-order valence-corrected chi connectivity index (χ0v) is 8.90. The zero-order chi connectivity index (χ0) is 10.4. The predicted octanol–water partition coefficient (Wildman–Crippen LogP) is 1.71. The van der Waals surface area contributed by atoms with Crippen LogP contribution in [-0.4, -0.2) is 17.6 Å². The number of carbonyl (C=O) groups excluding carboxylic acids is 2. The van der Waals surface area contributed by atoms with Crippen molar-refractivity contribution in [1.82, 2.24) is 4.98 Å². The Balaban J connectivity index is 2.69. The van der Waals surface area contributed by atoms with Gasteiger partial charge in [0.2, 0.25) is 0 Å². The quantitative estimate of drug-likeness (QED) is 0.355. The molecule has 3 nitrogen and oxygen atoms in total. The number of aromatic nitrogens is 1. The number of aldehydes is 2. The van der Waals surface area contributed by atoms with Gasteiger partial charge in [0.05, 0.1) is 5.57 Å². The number of nitrogens with zero attached hydrogens (tertiary/aromatic N) is 1. The maximum absolute atomic E-state index is 10.3. The van der Waals surface area contributed by atoms with Crippen LogP contribution in [0.5, 0.6) is 0 Å². The molecule has 0 radical (unpaired) electrons. The van der Waals surface area contributed by atoms with Crippen LogP contribution in [0.1, 0.15) is 5.69 Å². The smallest absolute Gasteiger partial charge is 0.153 e. The lowest BCUT2D eigenvalue weighted by molar-refractivity contribution is -0.109. The standard InChI is InChI=1S/C10H8BrNO2/c11-9-2-4-10(12-5-9)3-1-8(6-13)7-14/h1-2,4-7H,3H2. The molecule has 1 rings (SSSR count). The molecule has 1 aromatic heterocycles. The normalized spacial score (nSPS) is 9.21. The van der Waals surface area contributed by atoms with E-state index in [1.807, 2.05) is 12.1 Å². The molecular formula is C10H8BrNO2. The number of hydrogen-bond donors (Lipinski definition) is 0. The third-order valence-corrected chi connectivity index (χ3v) is 2.08. The number of hydrogen-bond acceptors (Lipinski definition) is 3. The van der Waals surface area contributed by atoms with Gasteiger partial charge < -0.3 is 0 Å². The first-order valence-corrected chi connectivity index (χ1v) is 4.76. The Bertz CT molecular complexity index is 347. The summed E-state index contributed by atoms with van der Waals surface area (Å²) in [6.07, 6.45) is 4.78. The average molecular weight is 254 g/mol. The van der Waals surface area contributed by atoms with Gasteiger partial charge in [0.25, 0.3) is 0 Å². The molecule has 0 aromatic carbocycles. The molecule has 0 aliphatic carbocycles. The number of halogens is 1. The van der Waals surface area contributed by atoms with Crippen LogP contribution < -0.4 is 0 Å². The minimum Gasteiger partial charge on any atom is -0.298 e. The minimum atomic E-state index is 0.148. The Morgan fingerprint density at radius 2 is 2.07 bits per heavy atom. The van der Waals surface area contributed by atoms with Gasteiger partial charge >= 0.3 is 0 Å². The van der Waals surface area contributed by atoms with Crippen molar-refractivity contribution >= 4 is 28.5 Å². The van der Waals surface area contributed by atoms with Crippen molar-refractivity contribution in [2.75, 3.05) is 0 Å². The van der Waals surface area contributed by atoms with E-state index >= 15 is 0 Å². The van der Waals surface area contributed by atoms with E-state index in [1.165, 1.54) is 0 Å². The van der Waals surface area contributed by atoms with Gasteiger partial charge in [0.15, 0.2) is 12.6 Å². The molecule has 0 atom stereocenters. The lowest BCUT2D eigenvalue weighted by atomic mass is 10.2. The van der Waals surface area contributed by atoms with Gasteiger partial charge in [-0.1, -0.05) is 6.08 Å². The predicted molar refractivity (Wildman–Crippen MR) is 55.9 cm³/mol. The van der Waals surface area contributed by atoms with E-state index in [-0.39, 0.29) is 5.57 Å². The van der Waals surface area contributed by atoms with E-state index in [2.05, 4.69) is 20.9 Å². The number of allylic oxidation sites excluding steroid dienone is 2. The molecular weight excluding hydrogens is 246 g/mol. The fourth-order valence-electron chi connectivity index (χ4n) is 0.874. The molecule has 0 N–H and O–H groups in total. The topological polar surface area (TPSA) is 47.0 Å². The summed E-state index contributed by atoms with van der Waals surface area (Å²) in [4.78, 5) is 24.7. The maximum atomic E-state index is 10.3. The SMILES string of the molecule is O=CC(C=O)=CCc1ccc(Br)cn1. The fraction of sp³-hybridized carbons (Fsp3) is 0.100. The van der Waals surface area contributed by atoms with Gasteiger partial charge in [-0.15, -0.1) is 0 Å². The molecule has 1 heterocycles. The molecule has 0 saturated heterocycles. The summed E-state index contributed by atoms with van der Waals surface area (Å²) >= 11 is 3.26. The van der Waals surface area contributed by atoms with Crippen LogP contribution in [-0.2, 0) is 16.0 Å². The van der Waals surface area contributed by atoms with Crippen molar-refractivity contribution in [3.8, 4) is 0 Å². The number of rotatable bonds is 4. The monoisotopic (exact) mass is 253 g/mol. The number of carbonyl (C=O) groups is 2. The van der Waals surface area contributed by atoms with Gasteiger partial charge in [0.1, 0.15) is 0 Å². The van der Waals surface area contributed by atoms with Crippen LogP contribution in [0, 0.1) is 0 Å². The summed E-state index contributed by atoms with van der Waals surface area (Å²) in [6.45, 7) is 0. The summed E-state index contributed by atoms with van der Waals surface area (Å²) in [6, 6.07) is 3.69. The van der Waals surface area contributed by atoms with Crippen LogP contribution in [0.25, 0.3) is 0 Å². The van der Waals surface area contributed by atoms with E-state index in [0.29, 0.717) is 19.0 Å². The molecule has 0 aliphatic rings. The highest BCUT2D eigenvalue weighted by Gasteiger charge is 1.94. The fourth-order valence-corrected chi connectivity index (χ4v) is 1.11. The van der Waals surface area contributed by atoms with Crippen LogP contribution in [0.3, 0.4) is 0 Å². The first-order valence-electron chi connectivity index (χ1n) is 3.97. The van der Waals surface area contributed by atoms with E-state index < -0.39 is 0 Å². The van der Waals surface area contributed by atoms with Crippen molar-refractivity contribution in [3.63, 3.8) is 0 Å². The molecule has 0 aliphatic heterocycles. The van der Waals surface area contributed by atoms with Gasteiger partial charge in [-0.05, 0) is 28.1 Å². The van der Waals surface area contributed by atoms with Crippen LogP contribution in [0.15, 0.2) is 34.5 Å². The van der Waals surface area contributed by atoms with Crippen LogP contribution in [0.2, 0.25) is 0 Å². The molecule has 72 valence electrons. The van der Waals surface area contributed by atoms with Crippen molar-refractivity contribution in [2.24, 2.45) is 0 Å². The highest BCUT2D eigenvalue weighted by Crippen LogP contribution is 2.08. The maximum Gasteiger partial charge on any atom is 0.153 e. The molecule has 0 fully saturated rings.